The third-order valence-electron chi connectivity index (χ3n) is 3.47. The Bertz CT molecular complexity index is 346. The number of halogens is 1. The van der Waals surface area contributed by atoms with Crippen molar-refractivity contribution in [1.82, 2.24) is 15.0 Å². The van der Waals surface area contributed by atoms with E-state index in [1.165, 1.54) is 0 Å². The molecule has 1 aliphatic carbocycles. The molecule has 1 aliphatic rings. The summed E-state index contributed by atoms with van der Waals surface area (Å²) in [4.78, 5) is 0. The van der Waals surface area contributed by atoms with Crippen molar-refractivity contribution in [2.45, 2.75) is 38.2 Å². The average Bonchev–Trinajstić information content (AvgIpc) is 2.71. The van der Waals surface area contributed by atoms with Gasteiger partial charge in [-0.2, -0.15) is 0 Å². The van der Waals surface area contributed by atoms with E-state index in [4.69, 9.17) is 0 Å². The van der Waals surface area contributed by atoms with E-state index in [-0.39, 0.29) is 0 Å². The minimum atomic E-state index is -0.744. The quantitative estimate of drug-likeness (QED) is 0.897. The molecule has 4 nitrogen and oxygen atoms in total. The van der Waals surface area contributed by atoms with Crippen LogP contribution in [0.2, 0.25) is 0 Å². The molecule has 2 rings (SSSR count). The topological polar surface area (TPSA) is 50.9 Å². The van der Waals surface area contributed by atoms with E-state index in [1.807, 2.05) is 7.05 Å². The van der Waals surface area contributed by atoms with Crippen LogP contribution in [0.25, 0.3) is 0 Å². The van der Waals surface area contributed by atoms with E-state index in [2.05, 4.69) is 33.2 Å². The summed E-state index contributed by atoms with van der Waals surface area (Å²) < 4.78 is 2.35. The number of aryl methyl sites for hydroxylation is 1. The molecule has 1 aromatic rings. The molecule has 0 aromatic carbocycles. The van der Waals surface area contributed by atoms with Crippen molar-refractivity contribution < 1.29 is 5.11 Å². The first-order chi connectivity index (χ1) is 7.09. The molecule has 0 aliphatic heterocycles. The molecule has 1 heterocycles. The molecule has 5 heteroatoms. The van der Waals surface area contributed by atoms with Gasteiger partial charge in [-0.1, -0.05) is 18.6 Å². The Morgan fingerprint density at radius 2 is 2.40 bits per heavy atom. The van der Waals surface area contributed by atoms with Crippen LogP contribution in [0.15, 0.2) is 4.60 Å². The lowest BCUT2D eigenvalue weighted by Crippen LogP contribution is -2.32. The molecule has 0 spiro atoms. The molecule has 0 bridgehead atoms. The number of nitrogens with zero attached hydrogens (tertiary/aromatic N) is 3. The van der Waals surface area contributed by atoms with Gasteiger partial charge in [0, 0.05) is 7.05 Å². The highest BCUT2D eigenvalue weighted by Gasteiger charge is 2.45. The second-order valence-electron chi connectivity index (χ2n) is 4.27. The first-order valence-electron chi connectivity index (χ1n) is 5.37. The van der Waals surface area contributed by atoms with E-state index in [1.54, 1.807) is 4.68 Å². The Labute approximate surface area is 97.8 Å². The number of aliphatic hydroxyl groups is 1. The fraction of sp³-hybridized carbons (Fsp3) is 0.800. The van der Waals surface area contributed by atoms with Crippen molar-refractivity contribution in [3.8, 4) is 0 Å². The zero-order valence-electron chi connectivity index (χ0n) is 9.07. The number of hydrogen-bond donors (Lipinski definition) is 1. The monoisotopic (exact) mass is 273 g/mol. The fourth-order valence-electron chi connectivity index (χ4n) is 2.71. The van der Waals surface area contributed by atoms with E-state index in [0.717, 1.165) is 31.4 Å². The van der Waals surface area contributed by atoms with Gasteiger partial charge in [0.2, 0.25) is 0 Å². The van der Waals surface area contributed by atoms with E-state index in [9.17, 15) is 5.11 Å². The Balaban J connectivity index is 2.44. The Hall–Kier alpha value is -0.420. The van der Waals surface area contributed by atoms with Crippen molar-refractivity contribution in [3.63, 3.8) is 0 Å². The van der Waals surface area contributed by atoms with Crippen molar-refractivity contribution >= 4 is 15.9 Å². The van der Waals surface area contributed by atoms with Gasteiger partial charge in [0.25, 0.3) is 0 Å². The molecule has 0 radical (unpaired) electrons. The number of rotatable bonds is 2. The molecule has 0 saturated heterocycles. The van der Waals surface area contributed by atoms with Crippen molar-refractivity contribution in [2.24, 2.45) is 13.0 Å². The predicted molar refractivity (Wildman–Crippen MR) is 60.2 cm³/mol. The summed E-state index contributed by atoms with van der Waals surface area (Å²) in [6.07, 6.45) is 3.97. The van der Waals surface area contributed by atoms with Crippen LogP contribution in [-0.2, 0) is 12.6 Å². The van der Waals surface area contributed by atoms with Crippen LogP contribution in [0.4, 0.5) is 0 Å². The van der Waals surface area contributed by atoms with Gasteiger partial charge in [0.15, 0.2) is 4.60 Å². The molecule has 1 N–H and O–H groups in total. The predicted octanol–water partition coefficient (Wildman–Crippen LogP) is 1.98. The third kappa shape index (κ3) is 1.61. The second-order valence-corrected chi connectivity index (χ2v) is 5.03. The van der Waals surface area contributed by atoms with Crippen molar-refractivity contribution in [3.05, 3.63) is 10.3 Å². The molecular weight excluding hydrogens is 258 g/mol. The largest absolute Gasteiger partial charge is 0.383 e. The van der Waals surface area contributed by atoms with Crippen LogP contribution < -0.4 is 0 Å². The van der Waals surface area contributed by atoms with Crippen LogP contribution in [-0.4, -0.2) is 20.1 Å². The molecule has 2 unspecified atom stereocenters. The Morgan fingerprint density at radius 3 is 2.93 bits per heavy atom. The summed E-state index contributed by atoms with van der Waals surface area (Å²) in [5.41, 5.74) is 0.0816. The smallest absolute Gasteiger partial charge is 0.154 e. The van der Waals surface area contributed by atoms with Crippen LogP contribution >= 0.6 is 15.9 Å². The van der Waals surface area contributed by atoms with Gasteiger partial charge >= 0.3 is 0 Å². The average molecular weight is 274 g/mol. The lowest BCUT2D eigenvalue weighted by molar-refractivity contribution is -0.0120. The summed E-state index contributed by atoms with van der Waals surface area (Å²) in [7, 11) is 1.83. The maximum absolute atomic E-state index is 10.7. The molecule has 0 amide bonds. The molecule has 2 atom stereocenters. The van der Waals surface area contributed by atoms with Crippen molar-refractivity contribution in [2.75, 3.05) is 0 Å². The Morgan fingerprint density at radius 1 is 1.67 bits per heavy atom. The molecular formula is C10H16BrN3O. The van der Waals surface area contributed by atoms with Gasteiger partial charge in [-0.3, -0.25) is 0 Å². The zero-order chi connectivity index (χ0) is 11.1. The summed E-state index contributed by atoms with van der Waals surface area (Å²) in [6, 6.07) is 0. The molecule has 15 heavy (non-hydrogen) atoms. The van der Waals surface area contributed by atoms with Gasteiger partial charge in [0.1, 0.15) is 11.3 Å². The minimum absolute atomic E-state index is 0.325. The maximum Gasteiger partial charge on any atom is 0.154 e. The SMILES string of the molecule is CCC1CCCC1(O)c1c(Br)nnn1C. The van der Waals surface area contributed by atoms with Crippen LogP contribution in [0, 0.1) is 5.92 Å². The maximum atomic E-state index is 10.7. The minimum Gasteiger partial charge on any atom is -0.383 e. The van der Waals surface area contributed by atoms with E-state index < -0.39 is 5.60 Å². The molecule has 1 saturated carbocycles. The molecule has 1 aromatic heterocycles. The summed E-state index contributed by atoms with van der Waals surface area (Å²) in [5.74, 6) is 0.325. The zero-order valence-corrected chi connectivity index (χ0v) is 10.7. The standard InChI is InChI=1S/C10H16BrN3O/c1-3-7-5-4-6-10(7,15)8-9(11)12-13-14(8)2/h7,15H,3-6H2,1-2H3. The fourth-order valence-corrected chi connectivity index (χ4v) is 3.38. The van der Waals surface area contributed by atoms with E-state index >= 15 is 0 Å². The number of hydrogen-bond acceptors (Lipinski definition) is 3. The molecule has 1 fully saturated rings. The normalized spacial score (nSPS) is 31.1. The van der Waals surface area contributed by atoms with Gasteiger partial charge in [-0.25, -0.2) is 4.68 Å². The van der Waals surface area contributed by atoms with Crippen molar-refractivity contribution in [1.29, 1.82) is 0 Å². The highest BCUT2D eigenvalue weighted by molar-refractivity contribution is 9.10. The first-order valence-corrected chi connectivity index (χ1v) is 6.17. The first kappa shape index (κ1) is 11.1. The van der Waals surface area contributed by atoms with Gasteiger partial charge < -0.3 is 5.11 Å². The number of aromatic nitrogens is 3. The summed E-state index contributed by atoms with van der Waals surface area (Å²) in [5, 5.41) is 18.6. The molecule has 84 valence electrons. The third-order valence-corrected chi connectivity index (χ3v) is 4.01. The van der Waals surface area contributed by atoms with Gasteiger partial charge in [0.05, 0.1) is 0 Å². The van der Waals surface area contributed by atoms with Crippen LogP contribution in [0.3, 0.4) is 0 Å². The highest BCUT2D eigenvalue weighted by Crippen LogP contribution is 2.46. The Kier molecular flexibility index (Phi) is 2.85. The van der Waals surface area contributed by atoms with Crippen LogP contribution in [0.5, 0.6) is 0 Å². The summed E-state index contributed by atoms with van der Waals surface area (Å²) >= 11 is 3.36. The second kappa shape index (κ2) is 3.87. The highest BCUT2D eigenvalue weighted by atomic mass is 79.9. The van der Waals surface area contributed by atoms with Crippen LogP contribution in [0.1, 0.15) is 38.3 Å². The summed E-state index contributed by atoms with van der Waals surface area (Å²) in [6.45, 7) is 2.12. The lowest BCUT2D eigenvalue weighted by atomic mass is 9.86. The lowest BCUT2D eigenvalue weighted by Gasteiger charge is -2.29. The van der Waals surface area contributed by atoms with E-state index in [0.29, 0.717) is 10.5 Å². The van der Waals surface area contributed by atoms with Gasteiger partial charge in [-0.15, -0.1) is 5.10 Å². The van der Waals surface area contributed by atoms with Gasteiger partial charge in [-0.05, 0) is 41.1 Å².